The molecule has 4 heteroatoms. The van der Waals surface area contributed by atoms with Crippen molar-refractivity contribution in [1.82, 2.24) is 0 Å². The van der Waals surface area contributed by atoms with E-state index in [0.29, 0.717) is 0 Å². The molecule has 0 aliphatic rings. The van der Waals surface area contributed by atoms with E-state index >= 15 is 0 Å². The summed E-state index contributed by atoms with van der Waals surface area (Å²) in [7, 11) is 0. The van der Waals surface area contributed by atoms with Crippen molar-refractivity contribution in [3.63, 3.8) is 0 Å². The molecule has 0 heterocycles. The van der Waals surface area contributed by atoms with E-state index in [0.717, 1.165) is 0 Å². The zero-order chi connectivity index (χ0) is 2.71. The van der Waals surface area contributed by atoms with Gasteiger partial charge < -0.3 is 15.6 Å². The van der Waals surface area contributed by atoms with Crippen molar-refractivity contribution in [2.75, 3.05) is 0 Å². The average Bonchev–Trinajstić information content (AvgIpc) is 0.918. The molecular formula is CNiO3. The second-order valence-electron chi connectivity index (χ2n) is 0.0680. The van der Waals surface area contributed by atoms with E-state index in [9.17, 15) is 0 Å². The standard InChI is InChI=1S/C.Ni.H2O3/c;;1-3-2/h;;1-2H/q;+2;/p-2. The first-order valence-corrected chi connectivity index (χ1v) is 0.333. The van der Waals surface area contributed by atoms with E-state index in [2.05, 4.69) is 0 Å². The van der Waals surface area contributed by atoms with Gasteiger partial charge in [0.25, 0.3) is 0 Å². The first kappa shape index (κ1) is 18.2. The van der Waals surface area contributed by atoms with E-state index in [1.54, 1.807) is 5.04 Å². The summed E-state index contributed by atoms with van der Waals surface area (Å²) in [6.07, 6.45) is 0. The fraction of sp³-hybridized carbons (Fsp3) is 0. The van der Waals surface area contributed by atoms with Gasteiger partial charge in [0.05, 0.1) is 0 Å². The smallest absolute Gasteiger partial charge is 0.734 e. The van der Waals surface area contributed by atoms with Crippen molar-refractivity contribution in [2.45, 2.75) is 0 Å². The van der Waals surface area contributed by atoms with Gasteiger partial charge in [0, 0.05) is 7.43 Å². The Balaban J connectivity index is -0.0000000200. The van der Waals surface area contributed by atoms with Crippen molar-refractivity contribution in [3.05, 3.63) is 7.43 Å². The molecule has 0 N–H and O–H groups in total. The van der Waals surface area contributed by atoms with Gasteiger partial charge in [-0.1, -0.05) is 0 Å². The number of rotatable bonds is 0. The summed E-state index contributed by atoms with van der Waals surface area (Å²) in [6, 6.07) is 0. The molecule has 0 saturated carbocycles. The predicted octanol–water partition coefficient (Wildman–Crippen LogP) is -2.37. The molecule has 5 heavy (non-hydrogen) atoms. The summed E-state index contributed by atoms with van der Waals surface area (Å²) < 4.78 is 0. The first-order chi connectivity index (χ1) is 1.41. The van der Waals surface area contributed by atoms with Crippen LogP contribution in [0.5, 0.6) is 0 Å². The van der Waals surface area contributed by atoms with Crippen molar-refractivity contribution < 1.29 is 32.0 Å². The molecule has 0 aromatic heterocycles. The van der Waals surface area contributed by atoms with Gasteiger partial charge in [0.15, 0.2) is 0 Å². The van der Waals surface area contributed by atoms with Crippen LogP contribution in [0.3, 0.4) is 0 Å². The summed E-state index contributed by atoms with van der Waals surface area (Å²) in [5, 5.41) is 17.5. The van der Waals surface area contributed by atoms with Gasteiger partial charge >= 0.3 is 16.5 Å². The van der Waals surface area contributed by atoms with Gasteiger partial charge in [0.1, 0.15) is 0 Å². The van der Waals surface area contributed by atoms with Crippen LogP contribution in [-0.4, -0.2) is 0 Å². The third-order valence-electron chi connectivity index (χ3n) is 0. The van der Waals surface area contributed by atoms with Crippen LogP contribution in [0.1, 0.15) is 0 Å². The topological polar surface area (TPSA) is 55.3 Å². The minimum Gasteiger partial charge on any atom is -0.734 e. The van der Waals surface area contributed by atoms with E-state index in [4.69, 9.17) is 10.5 Å². The molecule has 0 fully saturated rings. The summed E-state index contributed by atoms with van der Waals surface area (Å²) in [5.74, 6) is 0. The number of hydrogen-bond donors (Lipinski definition) is 0. The minimum absolute atomic E-state index is 0. The van der Waals surface area contributed by atoms with Gasteiger partial charge in [-0.3, -0.25) is 0 Å². The Hall–Kier alpha value is 0.374. The van der Waals surface area contributed by atoms with Crippen LogP contribution in [0.2, 0.25) is 0 Å². The fourth-order valence-electron chi connectivity index (χ4n) is 0. The van der Waals surface area contributed by atoms with E-state index in [1.807, 2.05) is 0 Å². The molecule has 0 aliphatic heterocycles. The molecule has 0 saturated heterocycles. The molecule has 0 atom stereocenters. The molecule has 3 nitrogen and oxygen atoms in total. The van der Waals surface area contributed by atoms with Crippen molar-refractivity contribution in [3.8, 4) is 0 Å². The molecule has 0 amide bonds. The van der Waals surface area contributed by atoms with Crippen LogP contribution in [-0.2, 0) is 21.5 Å². The second kappa shape index (κ2) is 26.4. The monoisotopic (exact) mass is 118 g/mol. The Morgan fingerprint density at radius 2 is 1.20 bits per heavy atom. The Morgan fingerprint density at radius 1 is 1.20 bits per heavy atom. The maximum absolute atomic E-state index is 7.88. The van der Waals surface area contributed by atoms with Crippen LogP contribution in [0.25, 0.3) is 0 Å². The second-order valence-corrected chi connectivity index (χ2v) is 0.0680. The largest absolute Gasteiger partial charge is 2.00 e. The Bertz CT molecular complexity index is 6.85. The van der Waals surface area contributed by atoms with Crippen LogP contribution < -0.4 is 10.5 Å². The molecule has 0 aromatic carbocycles. The van der Waals surface area contributed by atoms with Crippen LogP contribution >= 0.6 is 0 Å². The zero-order valence-corrected chi connectivity index (χ0v) is 3.03. The fourth-order valence-corrected chi connectivity index (χ4v) is 0. The van der Waals surface area contributed by atoms with E-state index < -0.39 is 0 Å². The summed E-state index contributed by atoms with van der Waals surface area (Å²) in [4.78, 5) is 0. The van der Waals surface area contributed by atoms with Gasteiger partial charge in [-0.05, 0) is 0 Å². The number of hydrogen-bond acceptors (Lipinski definition) is 3. The van der Waals surface area contributed by atoms with E-state index in [1.165, 1.54) is 0 Å². The molecular weight excluding hydrogens is 119 g/mol. The predicted molar refractivity (Wildman–Crippen MR) is 4.33 cm³/mol. The van der Waals surface area contributed by atoms with Gasteiger partial charge in [-0.15, -0.1) is 0 Å². The van der Waals surface area contributed by atoms with Crippen molar-refractivity contribution in [2.24, 2.45) is 0 Å². The maximum atomic E-state index is 7.88. The molecule has 32 valence electrons. The minimum atomic E-state index is 0. The Morgan fingerprint density at radius 3 is 1.20 bits per heavy atom. The molecule has 0 aliphatic carbocycles. The summed E-state index contributed by atoms with van der Waals surface area (Å²) in [5.41, 5.74) is 0. The molecule has 0 unspecified atom stereocenters. The Kier molecular flexibility index (Phi) is 96.3. The SMILES string of the molecule is [C].[Ni+2].[O-]O[O-]. The summed E-state index contributed by atoms with van der Waals surface area (Å²) in [6.45, 7) is 0. The molecule has 0 spiro atoms. The molecule has 4 radical (unpaired) electrons. The summed E-state index contributed by atoms with van der Waals surface area (Å²) >= 11 is 0. The van der Waals surface area contributed by atoms with Crippen molar-refractivity contribution >= 4 is 0 Å². The molecule has 0 aromatic rings. The first-order valence-electron chi connectivity index (χ1n) is 0.333. The quantitative estimate of drug-likeness (QED) is 0.203. The third-order valence-corrected chi connectivity index (χ3v) is 0. The van der Waals surface area contributed by atoms with Gasteiger partial charge in [0.2, 0.25) is 0 Å². The van der Waals surface area contributed by atoms with E-state index in [-0.39, 0.29) is 23.9 Å². The maximum Gasteiger partial charge on any atom is 2.00 e. The van der Waals surface area contributed by atoms with Crippen LogP contribution in [0, 0.1) is 7.43 Å². The van der Waals surface area contributed by atoms with Crippen LogP contribution in [0.4, 0.5) is 0 Å². The van der Waals surface area contributed by atoms with Crippen molar-refractivity contribution in [1.29, 1.82) is 0 Å². The zero-order valence-electron chi connectivity index (χ0n) is 2.04. The third kappa shape index (κ3) is 177. The van der Waals surface area contributed by atoms with Crippen LogP contribution in [0.15, 0.2) is 0 Å². The average molecular weight is 119 g/mol. The molecule has 0 rings (SSSR count). The van der Waals surface area contributed by atoms with Gasteiger partial charge in [-0.25, -0.2) is 0 Å². The molecule has 0 bridgehead atoms. The van der Waals surface area contributed by atoms with Gasteiger partial charge in [-0.2, -0.15) is 0 Å². The Labute approximate surface area is 40.4 Å². The normalized spacial score (nSPS) is 3.60.